The maximum Gasteiger partial charge on any atom is 0.242 e. The van der Waals surface area contributed by atoms with Gasteiger partial charge in [-0.3, -0.25) is 4.79 Å². The van der Waals surface area contributed by atoms with Crippen LogP contribution in [0.3, 0.4) is 0 Å². The number of terminal acetylenes is 2. The Hall–Kier alpha value is -2.63. The molecule has 0 aliphatic heterocycles. The second-order valence-corrected chi connectivity index (χ2v) is 7.65. The van der Waals surface area contributed by atoms with E-state index < -0.39 is 27.8 Å². The van der Waals surface area contributed by atoms with E-state index in [0.29, 0.717) is 11.1 Å². The molecule has 136 valence electrons. The third-order valence-corrected chi connectivity index (χ3v) is 6.11. The van der Waals surface area contributed by atoms with Crippen molar-refractivity contribution in [3.63, 3.8) is 0 Å². The summed E-state index contributed by atoms with van der Waals surface area (Å²) in [4.78, 5) is 14.6. The Labute approximate surface area is 165 Å². The lowest BCUT2D eigenvalue weighted by Gasteiger charge is -2.22. The summed E-state index contributed by atoms with van der Waals surface area (Å²) in [5.74, 6) is 2.38. The van der Waals surface area contributed by atoms with Crippen LogP contribution in [0.15, 0.2) is 48.5 Å². The molecule has 27 heavy (non-hydrogen) atoms. The number of nitrogens with zero attached hydrogens (tertiary/aromatic N) is 1. The molecule has 0 N–H and O–H groups in total. The lowest BCUT2D eigenvalue weighted by molar-refractivity contribution is -0.130. The van der Waals surface area contributed by atoms with Crippen LogP contribution in [0.5, 0.6) is 0 Å². The summed E-state index contributed by atoms with van der Waals surface area (Å²) >= 11 is 3.51. The highest BCUT2D eigenvalue weighted by Crippen LogP contribution is 2.69. The molecule has 0 bridgehead atoms. The fourth-order valence-electron chi connectivity index (χ4n) is 3.55. The average Bonchev–Trinajstić information content (AvgIpc) is 3.28. The molecule has 2 aromatic carbocycles. The summed E-state index contributed by atoms with van der Waals surface area (Å²) in [7, 11) is 0. The molecular weight excluding hydrogens is 412 g/mol. The molecule has 0 unspecified atom stereocenters. The Morgan fingerprint density at radius 1 is 0.963 bits per heavy atom. The quantitative estimate of drug-likeness (QED) is 0.520. The van der Waals surface area contributed by atoms with Crippen LogP contribution in [0, 0.1) is 36.3 Å². The van der Waals surface area contributed by atoms with E-state index >= 15 is 0 Å². The van der Waals surface area contributed by atoms with Crippen molar-refractivity contribution in [1.82, 2.24) is 4.90 Å². The van der Waals surface area contributed by atoms with E-state index in [-0.39, 0.29) is 19.0 Å². The number of benzene rings is 2. The smallest absolute Gasteiger partial charge is 0.242 e. The number of alkyl halides is 1. The van der Waals surface area contributed by atoms with E-state index in [9.17, 15) is 13.6 Å². The number of hydrogen-bond donors (Lipinski definition) is 0. The van der Waals surface area contributed by atoms with Crippen LogP contribution in [-0.2, 0) is 4.79 Å². The van der Waals surface area contributed by atoms with Gasteiger partial charge in [0.25, 0.3) is 0 Å². The number of rotatable bonds is 5. The van der Waals surface area contributed by atoms with Gasteiger partial charge in [-0.1, -0.05) is 64.2 Å². The average molecular weight is 428 g/mol. The van der Waals surface area contributed by atoms with E-state index in [4.69, 9.17) is 12.8 Å². The van der Waals surface area contributed by atoms with Crippen LogP contribution < -0.4 is 0 Å². The van der Waals surface area contributed by atoms with Gasteiger partial charge < -0.3 is 4.90 Å². The number of carbonyl (C=O) groups excluding carboxylic acids is 1. The molecule has 2 aromatic rings. The van der Waals surface area contributed by atoms with Crippen molar-refractivity contribution >= 4 is 21.8 Å². The molecule has 0 spiro atoms. The first-order valence-electron chi connectivity index (χ1n) is 8.30. The minimum atomic E-state index is -1.22. The van der Waals surface area contributed by atoms with Gasteiger partial charge in [0.15, 0.2) is 0 Å². The molecule has 1 saturated carbocycles. The molecule has 1 aliphatic carbocycles. The van der Waals surface area contributed by atoms with Crippen LogP contribution in [0.1, 0.15) is 23.0 Å². The molecular formula is C22H16BrF2NO. The van der Waals surface area contributed by atoms with Gasteiger partial charge in [-0.15, -0.1) is 12.8 Å². The summed E-state index contributed by atoms with van der Waals surface area (Å²) in [5, 5.41) is 0. The zero-order chi connectivity index (χ0) is 19.6. The Morgan fingerprint density at radius 2 is 1.37 bits per heavy atom. The van der Waals surface area contributed by atoms with Crippen LogP contribution in [0.2, 0.25) is 0 Å². The van der Waals surface area contributed by atoms with Crippen molar-refractivity contribution in [2.75, 3.05) is 13.1 Å². The van der Waals surface area contributed by atoms with Crippen molar-refractivity contribution in [3.05, 3.63) is 71.3 Å². The predicted octanol–water partition coefficient (Wildman–Crippen LogP) is 4.07. The van der Waals surface area contributed by atoms with Crippen molar-refractivity contribution in [3.8, 4) is 24.7 Å². The van der Waals surface area contributed by atoms with E-state index in [2.05, 4.69) is 27.8 Å². The number of amides is 1. The third kappa shape index (κ3) is 3.24. The molecule has 3 rings (SSSR count). The van der Waals surface area contributed by atoms with Gasteiger partial charge in [-0.25, -0.2) is 8.78 Å². The summed E-state index contributed by atoms with van der Waals surface area (Å²) in [6.07, 6.45) is 10.7. The molecule has 1 amide bonds. The Morgan fingerprint density at radius 3 is 1.74 bits per heavy atom. The monoisotopic (exact) mass is 427 g/mol. The minimum Gasteiger partial charge on any atom is -0.319 e. The maximum atomic E-state index is 14.5. The van der Waals surface area contributed by atoms with E-state index in [0.717, 1.165) is 0 Å². The second-order valence-electron chi connectivity index (χ2n) is 6.34. The van der Waals surface area contributed by atoms with Crippen LogP contribution in [0.4, 0.5) is 8.78 Å². The van der Waals surface area contributed by atoms with Gasteiger partial charge in [0.05, 0.1) is 13.1 Å². The zero-order valence-electron chi connectivity index (χ0n) is 14.3. The molecule has 1 aliphatic rings. The zero-order valence-corrected chi connectivity index (χ0v) is 15.9. The standard InChI is InChI=1S/C22H16BrF2NO/c1-3-13-26(14-4-2)21(27)22(23)19(15-9-5-7-11-17(15)24)20(22)16-10-6-8-12-18(16)25/h1-2,5-12,19-20H,13-14H2/t19-,20-/m0/s1. The maximum absolute atomic E-state index is 14.5. The Balaban J connectivity index is 2.09. The molecule has 0 aromatic heterocycles. The van der Waals surface area contributed by atoms with Gasteiger partial charge in [0, 0.05) is 11.8 Å². The second kappa shape index (κ2) is 7.55. The Kier molecular flexibility index (Phi) is 5.35. The predicted molar refractivity (Wildman–Crippen MR) is 104 cm³/mol. The molecule has 2 nitrogen and oxygen atoms in total. The molecule has 0 radical (unpaired) electrons. The lowest BCUT2D eigenvalue weighted by atomic mass is 10.0. The van der Waals surface area contributed by atoms with Gasteiger partial charge in [0.1, 0.15) is 16.0 Å². The number of halogens is 3. The lowest BCUT2D eigenvalue weighted by Crippen LogP contribution is -2.40. The van der Waals surface area contributed by atoms with Gasteiger partial charge >= 0.3 is 0 Å². The van der Waals surface area contributed by atoms with Crippen molar-refractivity contribution < 1.29 is 13.6 Å². The highest BCUT2D eigenvalue weighted by molar-refractivity contribution is 9.10. The van der Waals surface area contributed by atoms with Crippen molar-refractivity contribution in [2.24, 2.45) is 0 Å². The normalized spacial score (nSPS) is 23.1. The molecule has 5 heteroatoms. The molecule has 0 heterocycles. The van der Waals surface area contributed by atoms with E-state index in [1.54, 1.807) is 36.4 Å². The molecule has 2 atom stereocenters. The van der Waals surface area contributed by atoms with Gasteiger partial charge in [-0.05, 0) is 23.3 Å². The first kappa shape index (κ1) is 19.1. The van der Waals surface area contributed by atoms with E-state index in [1.807, 2.05) is 0 Å². The third-order valence-electron chi connectivity index (χ3n) is 4.79. The highest BCUT2D eigenvalue weighted by atomic mass is 79.9. The first-order chi connectivity index (χ1) is 13.0. The SMILES string of the molecule is C#CCN(CC#C)C(=O)C1(Br)[C@@H](c2ccccc2F)[C@@H]1c1ccccc1F. The molecule has 0 saturated heterocycles. The van der Waals surface area contributed by atoms with Crippen LogP contribution in [-0.4, -0.2) is 28.2 Å². The Bertz CT molecular complexity index is 892. The topological polar surface area (TPSA) is 20.3 Å². The highest BCUT2D eigenvalue weighted by Gasteiger charge is 2.71. The summed E-state index contributed by atoms with van der Waals surface area (Å²) < 4.78 is 27.7. The summed E-state index contributed by atoms with van der Waals surface area (Å²) in [6.45, 7) is 0.0364. The van der Waals surface area contributed by atoms with Gasteiger partial charge in [-0.2, -0.15) is 0 Å². The first-order valence-corrected chi connectivity index (χ1v) is 9.10. The number of carbonyl (C=O) groups is 1. The van der Waals surface area contributed by atoms with Crippen LogP contribution in [0.25, 0.3) is 0 Å². The number of hydrogen-bond acceptors (Lipinski definition) is 1. The van der Waals surface area contributed by atoms with Crippen LogP contribution >= 0.6 is 15.9 Å². The fraction of sp³-hybridized carbons (Fsp3) is 0.227. The molecule has 1 fully saturated rings. The fourth-order valence-corrected chi connectivity index (χ4v) is 4.69. The minimum absolute atomic E-state index is 0.0182. The largest absolute Gasteiger partial charge is 0.319 e. The van der Waals surface area contributed by atoms with Gasteiger partial charge in [0.2, 0.25) is 5.91 Å². The van der Waals surface area contributed by atoms with Crippen molar-refractivity contribution in [2.45, 2.75) is 16.2 Å². The van der Waals surface area contributed by atoms with E-state index in [1.165, 1.54) is 17.0 Å². The van der Waals surface area contributed by atoms with Crippen molar-refractivity contribution in [1.29, 1.82) is 0 Å². The summed E-state index contributed by atoms with van der Waals surface area (Å²) in [5.41, 5.74) is 0.690. The summed E-state index contributed by atoms with van der Waals surface area (Å²) in [6, 6.07) is 12.4.